The molecule has 0 aliphatic carbocycles. The van der Waals surface area contributed by atoms with Crippen LogP contribution in [0, 0.1) is 6.92 Å². The lowest BCUT2D eigenvalue weighted by molar-refractivity contribution is 0.0592. The number of ether oxygens (including phenoxy) is 1. The van der Waals surface area contributed by atoms with E-state index in [1.807, 2.05) is 0 Å². The van der Waals surface area contributed by atoms with Gasteiger partial charge >= 0.3 is 5.97 Å². The van der Waals surface area contributed by atoms with Gasteiger partial charge in [-0.25, -0.2) is 4.79 Å². The van der Waals surface area contributed by atoms with Crippen molar-refractivity contribution in [2.75, 3.05) is 7.11 Å². The second kappa shape index (κ2) is 3.74. The quantitative estimate of drug-likeness (QED) is 0.758. The Kier molecular flexibility index (Phi) is 2.87. The number of aryl methyl sites for hydroxylation is 1. The van der Waals surface area contributed by atoms with Crippen molar-refractivity contribution in [2.45, 2.75) is 6.92 Å². The number of carbonyl (C=O) groups excluding carboxylic acids is 1. The van der Waals surface area contributed by atoms with Crippen molar-refractivity contribution in [1.29, 1.82) is 0 Å². The molecule has 0 spiro atoms. The van der Waals surface area contributed by atoms with Crippen LogP contribution in [0.2, 0.25) is 0 Å². The van der Waals surface area contributed by atoms with E-state index < -0.39 is 5.97 Å². The van der Waals surface area contributed by atoms with Crippen LogP contribution < -0.4 is 5.56 Å². The van der Waals surface area contributed by atoms with Gasteiger partial charge in [0.05, 0.1) is 11.6 Å². The Bertz CT molecular complexity index is 397. The number of hydrogen-bond donors (Lipinski definition) is 1. The van der Waals surface area contributed by atoms with Crippen LogP contribution in [-0.2, 0) is 4.74 Å². The molecule has 1 N–H and O–H groups in total. The SMILES string of the molecule is COC(=O)c1[nH]c(=O)c(Br)cc1C. The Morgan fingerprint density at radius 1 is 1.62 bits per heavy atom. The van der Waals surface area contributed by atoms with Crippen molar-refractivity contribution in [3.63, 3.8) is 0 Å². The zero-order valence-corrected chi connectivity index (χ0v) is 8.77. The molecule has 5 heteroatoms. The number of H-pyrrole nitrogens is 1. The fourth-order valence-corrected chi connectivity index (χ4v) is 1.36. The molecule has 70 valence electrons. The lowest BCUT2D eigenvalue weighted by atomic mass is 10.2. The molecule has 0 unspecified atom stereocenters. The number of esters is 1. The molecule has 0 amide bonds. The summed E-state index contributed by atoms with van der Waals surface area (Å²) in [6.07, 6.45) is 0. The molecule has 0 radical (unpaired) electrons. The van der Waals surface area contributed by atoms with Crippen molar-refractivity contribution < 1.29 is 9.53 Å². The summed E-state index contributed by atoms with van der Waals surface area (Å²) in [6, 6.07) is 1.57. The zero-order valence-electron chi connectivity index (χ0n) is 7.18. The molecule has 0 fully saturated rings. The van der Waals surface area contributed by atoms with Crippen molar-refractivity contribution in [2.24, 2.45) is 0 Å². The number of aromatic amines is 1. The van der Waals surface area contributed by atoms with Crippen LogP contribution in [0.4, 0.5) is 0 Å². The highest BCUT2D eigenvalue weighted by molar-refractivity contribution is 9.10. The lowest BCUT2D eigenvalue weighted by Crippen LogP contribution is -2.16. The van der Waals surface area contributed by atoms with E-state index >= 15 is 0 Å². The number of rotatable bonds is 1. The predicted octanol–water partition coefficient (Wildman–Crippen LogP) is 1.23. The van der Waals surface area contributed by atoms with Gasteiger partial charge in [-0.15, -0.1) is 0 Å². The van der Waals surface area contributed by atoms with Crippen molar-refractivity contribution >= 4 is 21.9 Å². The fraction of sp³-hybridized carbons (Fsp3) is 0.250. The first kappa shape index (κ1) is 9.98. The molecule has 0 saturated carbocycles. The van der Waals surface area contributed by atoms with Gasteiger partial charge < -0.3 is 9.72 Å². The molecule has 0 aromatic carbocycles. The van der Waals surface area contributed by atoms with Crippen molar-refractivity contribution in [3.8, 4) is 0 Å². The maximum Gasteiger partial charge on any atom is 0.354 e. The van der Waals surface area contributed by atoms with E-state index in [-0.39, 0.29) is 11.3 Å². The minimum Gasteiger partial charge on any atom is -0.464 e. The third-order valence-electron chi connectivity index (χ3n) is 1.58. The standard InChI is InChI=1S/C8H8BrNO3/c1-4-3-5(9)7(11)10-6(4)8(12)13-2/h3H,1-2H3,(H,10,11). The van der Waals surface area contributed by atoms with Gasteiger partial charge in [-0.1, -0.05) is 0 Å². The summed E-state index contributed by atoms with van der Waals surface area (Å²) >= 11 is 3.06. The Labute approximate surface area is 83.1 Å². The molecule has 1 aromatic heterocycles. The molecule has 0 saturated heterocycles. The van der Waals surface area contributed by atoms with Crippen molar-refractivity contribution in [3.05, 3.63) is 32.2 Å². The van der Waals surface area contributed by atoms with Crippen LogP contribution in [0.3, 0.4) is 0 Å². The van der Waals surface area contributed by atoms with Crippen molar-refractivity contribution in [1.82, 2.24) is 4.98 Å². The largest absolute Gasteiger partial charge is 0.464 e. The van der Waals surface area contributed by atoms with Crippen LogP contribution in [-0.4, -0.2) is 18.1 Å². The second-order valence-electron chi connectivity index (χ2n) is 2.50. The Morgan fingerprint density at radius 2 is 2.23 bits per heavy atom. The summed E-state index contributed by atoms with van der Waals surface area (Å²) in [6.45, 7) is 1.72. The van der Waals surface area contributed by atoms with Gasteiger partial charge in [-0.2, -0.15) is 0 Å². The van der Waals surface area contributed by atoms with Gasteiger partial charge in [0.1, 0.15) is 5.69 Å². The van der Waals surface area contributed by atoms with Crippen LogP contribution >= 0.6 is 15.9 Å². The van der Waals surface area contributed by atoms with Crippen LogP contribution in [0.1, 0.15) is 16.1 Å². The molecule has 0 aliphatic rings. The summed E-state index contributed by atoms with van der Waals surface area (Å²) in [5, 5.41) is 0. The van der Waals surface area contributed by atoms with E-state index in [0.717, 1.165) is 0 Å². The third kappa shape index (κ3) is 1.98. The number of pyridine rings is 1. The van der Waals surface area contributed by atoms with Gasteiger partial charge in [-0.3, -0.25) is 4.79 Å². The number of nitrogens with one attached hydrogen (secondary N) is 1. The molecule has 0 aliphatic heterocycles. The molecule has 13 heavy (non-hydrogen) atoms. The molecule has 0 bridgehead atoms. The van der Waals surface area contributed by atoms with E-state index in [4.69, 9.17) is 0 Å². The minimum atomic E-state index is -0.540. The monoisotopic (exact) mass is 245 g/mol. The van der Waals surface area contributed by atoms with E-state index in [1.165, 1.54) is 7.11 Å². The highest BCUT2D eigenvalue weighted by Gasteiger charge is 2.11. The van der Waals surface area contributed by atoms with Gasteiger partial charge in [0, 0.05) is 0 Å². The Balaban J connectivity index is 3.32. The highest BCUT2D eigenvalue weighted by Crippen LogP contribution is 2.09. The third-order valence-corrected chi connectivity index (χ3v) is 2.17. The van der Waals surface area contributed by atoms with Crippen LogP contribution in [0.15, 0.2) is 15.3 Å². The zero-order chi connectivity index (χ0) is 10.0. The number of carbonyl (C=O) groups is 1. The van der Waals surface area contributed by atoms with E-state index in [0.29, 0.717) is 10.0 Å². The lowest BCUT2D eigenvalue weighted by Gasteiger charge is -2.02. The smallest absolute Gasteiger partial charge is 0.354 e. The van der Waals surface area contributed by atoms with E-state index in [2.05, 4.69) is 25.7 Å². The summed E-state index contributed by atoms with van der Waals surface area (Å²) in [5.74, 6) is -0.540. The number of hydrogen-bond acceptors (Lipinski definition) is 3. The van der Waals surface area contributed by atoms with Gasteiger partial charge in [-0.05, 0) is 34.5 Å². The predicted molar refractivity (Wildman–Crippen MR) is 50.8 cm³/mol. The Hall–Kier alpha value is -1.10. The van der Waals surface area contributed by atoms with E-state index in [1.54, 1.807) is 13.0 Å². The van der Waals surface area contributed by atoms with Gasteiger partial charge in [0.15, 0.2) is 0 Å². The molecular weight excluding hydrogens is 238 g/mol. The van der Waals surface area contributed by atoms with E-state index in [9.17, 15) is 9.59 Å². The normalized spacial score (nSPS) is 9.77. The highest BCUT2D eigenvalue weighted by atomic mass is 79.9. The van der Waals surface area contributed by atoms with Gasteiger partial charge in [0.25, 0.3) is 5.56 Å². The van der Waals surface area contributed by atoms with Crippen LogP contribution in [0.5, 0.6) is 0 Å². The molecule has 1 heterocycles. The van der Waals surface area contributed by atoms with Crippen LogP contribution in [0.25, 0.3) is 0 Å². The average molecular weight is 246 g/mol. The first-order valence-electron chi connectivity index (χ1n) is 3.54. The second-order valence-corrected chi connectivity index (χ2v) is 3.35. The first-order valence-corrected chi connectivity index (χ1v) is 4.33. The number of methoxy groups -OCH3 is 1. The molecule has 4 nitrogen and oxygen atoms in total. The molecule has 0 atom stereocenters. The maximum atomic E-state index is 11.1. The first-order chi connectivity index (χ1) is 6.06. The maximum absolute atomic E-state index is 11.1. The summed E-state index contributed by atoms with van der Waals surface area (Å²) in [4.78, 5) is 24.6. The number of aromatic nitrogens is 1. The summed E-state index contributed by atoms with van der Waals surface area (Å²) < 4.78 is 4.89. The summed E-state index contributed by atoms with van der Waals surface area (Å²) in [5.41, 5.74) is 0.514. The summed E-state index contributed by atoms with van der Waals surface area (Å²) in [7, 11) is 1.27. The molecular formula is C8H8BrNO3. The minimum absolute atomic E-state index is 0.190. The Morgan fingerprint density at radius 3 is 2.77 bits per heavy atom. The topological polar surface area (TPSA) is 59.2 Å². The van der Waals surface area contributed by atoms with Gasteiger partial charge in [0.2, 0.25) is 0 Å². The molecule has 1 rings (SSSR count). The number of halogens is 1. The molecule has 1 aromatic rings. The fourth-order valence-electron chi connectivity index (χ4n) is 0.914. The average Bonchev–Trinajstić information content (AvgIpc) is 2.10.